The number of hydrogen-bond donors (Lipinski definition) is 1. The van der Waals surface area contributed by atoms with Gasteiger partial charge in [0.05, 0.1) is 25.9 Å². The topological polar surface area (TPSA) is 54.0 Å². The number of carbonyl (C=O) groups excluding carboxylic acids is 1. The molecule has 2 aromatic rings. The van der Waals surface area contributed by atoms with Crippen LogP contribution < -0.4 is 15.0 Å². The Bertz CT molecular complexity index is 822. The number of morpholine rings is 1. The van der Waals surface area contributed by atoms with Crippen molar-refractivity contribution in [2.24, 2.45) is 5.92 Å². The molecule has 2 aliphatic rings. The molecule has 0 aliphatic carbocycles. The summed E-state index contributed by atoms with van der Waals surface area (Å²) >= 11 is 0. The van der Waals surface area contributed by atoms with Crippen LogP contribution in [0.5, 0.6) is 5.75 Å². The van der Waals surface area contributed by atoms with E-state index in [0.717, 1.165) is 63.7 Å². The summed E-state index contributed by atoms with van der Waals surface area (Å²) in [6.07, 6.45) is 2.23. The van der Waals surface area contributed by atoms with Crippen molar-refractivity contribution in [3.05, 3.63) is 54.6 Å². The van der Waals surface area contributed by atoms with Crippen molar-refractivity contribution < 1.29 is 14.3 Å². The van der Waals surface area contributed by atoms with E-state index in [0.29, 0.717) is 12.5 Å². The standard InChI is InChI=1S/C25H33N3O3/c1-20(28-13-5-6-21(18-28)19-31-24-7-3-2-4-8-24)25(29)26-22-9-11-23(12-10-22)27-14-16-30-17-15-27/h2-4,7-12,20-21H,5-6,13-19H2,1H3,(H,26,29). The number of carbonyl (C=O) groups is 1. The minimum absolute atomic E-state index is 0.0451. The fourth-order valence-electron chi connectivity index (χ4n) is 4.31. The van der Waals surface area contributed by atoms with Crippen LogP contribution in [-0.2, 0) is 9.53 Å². The molecule has 6 heteroatoms. The molecule has 31 heavy (non-hydrogen) atoms. The number of amides is 1. The number of hydrogen-bond acceptors (Lipinski definition) is 5. The van der Waals surface area contributed by atoms with Crippen LogP contribution in [0.1, 0.15) is 19.8 Å². The molecule has 0 bridgehead atoms. The molecular formula is C25H33N3O3. The van der Waals surface area contributed by atoms with Crippen LogP contribution in [0.25, 0.3) is 0 Å². The molecule has 1 amide bonds. The van der Waals surface area contributed by atoms with Crippen molar-refractivity contribution in [2.75, 3.05) is 56.2 Å². The van der Waals surface area contributed by atoms with Gasteiger partial charge in [-0.25, -0.2) is 0 Å². The summed E-state index contributed by atoms with van der Waals surface area (Å²) in [5.74, 6) is 1.40. The zero-order valence-corrected chi connectivity index (χ0v) is 18.3. The molecule has 166 valence electrons. The first-order valence-corrected chi connectivity index (χ1v) is 11.3. The van der Waals surface area contributed by atoms with Crippen molar-refractivity contribution in [1.29, 1.82) is 0 Å². The molecule has 4 rings (SSSR count). The molecule has 0 aromatic heterocycles. The van der Waals surface area contributed by atoms with Crippen LogP contribution in [-0.4, -0.2) is 62.8 Å². The quantitative estimate of drug-likeness (QED) is 0.737. The summed E-state index contributed by atoms with van der Waals surface area (Å²) in [6, 6.07) is 17.9. The van der Waals surface area contributed by atoms with Gasteiger partial charge in [-0.2, -0.15) is 0 Å². The molecule has 2 unspecified atom stereocenters. The zero-order valence-electron chi connectivity index (χ0n) is 18.3. The Balaban J connectivity index is 1.27. The summed E-state index contributed by atoms with van der Waals surface area (Å²) in [4.78, 5) is 17.5. The van der Waals surface area contributed by atoms with Gasteiger partial charge in [0.2, 0.25) is 5.91 Å². The number of nitrogens with one attached hydrogen (secondary N) is 1. The second kappa shape index (κ2) is 10.6. The molecule has 2 atom stereocenters. The maximum absolute atomic E-state index is 12.9. The maximum atomic E-state index is 12.9. The van der Waals surface area contributed by atoms with Gasteiger partial charge in [-0.05, 0) is 62.7 Å². The molecule has 2 aromatic carbocycles. The number of nitrogens with zero attached hydrogens (tertiary/aromatic N) is 2. The highest BCUT2D eigenvalue weighted by Crippen LogP contribution is 2.22. The Labute approximate surface area is 185 Å². The van der Waals surface area contributed by atoms with E-state index in [1.54, 1.807) is 0 Å². The fourth-order valence-corrected chi connectivity index (χ4v) is 4.31. The average molecular weight is 424 g/mol. The van der Waals surface area contributed by atoms with Crippen LogP contribution in [0.2, 0.25) is 0 Å². The molecule has 0 saturated carbocycles. The summed E-state index contributed by atoms with van der Waals surface area (Å²) in [6.45, 7) is 7.88. The zero-order chi connectivity index (χ0) is 21.5. The predicted molar refractivity (Wildman–Crippen MR) is 124 cm³/mol. The SMILES string of the molecule is CC(C(=O)Nc1ccc(N2CCOCC2)cc1)N1CCCC(COc2ccccc2)C1. The van der Waals surface area contributed by atoms with E-state index in [1.165, 1.54) is 5.69 Å². The number of para-hydroxylation sites is 1. The molecule has 0 radical (unpaired) electrons. The molecule has 6 nitrogen and oxygen atoms in total. The third-order valence-electron chi connectivity index (χ3n) is 6.22. The largest absolute Gasteiger partial charge is 0.493 e. The highest BCUT2D eigenvalue weighted by Gasteiger charge is 2.28. The average Bonchev–Trinajstić information content (AvgIpc) is 2.84. The van der Waals surface area contributed by atoms with E-state index >= 15 is 0 Å². The lowest BCUT2D eigenvalue weighted by molar-refractivity contribution is -0.121. The summed E-state index contributed by atoms with van der Waals surface area (Å²) in [5, 5.41) is 3.09. The van der Waals surface area contributed by atoms with Crippen molar-refractivity contribution >= 4 is 17.3 Å². The maximum Gasteiger partial charge on any atom is 0.241 e. The Morgan fingerprint density at radius 2 is 1.84 bits per heavy atom. The summed E-state index contributed by atoms with van der Waals surface area (Å²) < 4.78 is 11.4. The number of rotatable bonds is 7. The summed E-state index contributed by atoms with van der Waals surface area (Å²) in [5.41, 5.74) is 2.02. The van der Waals surface area contributed by atoms with Crippen LogP contribution in [0.4, 0.5) is 11.4 Å². The lowest BCUT2D eigenvalue weighted by Gasteiger charge is -2.36. The normalized spacial score (nSPS) is 20.8. The lowest BCUT2D eigenvalue weighted by atomic mass is 9.97. The van der Waals surface area contributed by atoms with E-state index in [4.69, 9.17) is 9.47 Å². The van der Waals surface area contributed by atoms with Crippen molar-refractivity contribution in [1.82, 2.24) is 4.90 Å². The van der Waals surface area contributed by atoms with E-state index in [1.807, 2.05) is 49.4 Å². The number of benzene rings is 2. The van der Waals surface area contributed by atoms with Gasteiger partial charge in [-0.15, -0.1) is 0 Å². The molecule has 2 saturated heterocycles. The molecule has 2 aliphatic heterocycles. The second-order valence-electron chi connectivity index (χ2n) is 8.44. The van der Waals surface area contributed by atoms with Crippen molar-refractivity contribution in [3.63, 3.8) is 0 Å². The number of anilines is 2. The van der Waals surface area contributed by atoms with Gasteiger partial charge >= 0.3 is 0 Å². The van der Waals surface area contributed by atoms with Crippen molar-refractivity contribution in [3.8, 4) is 5.75 Å². The van der Waals surface area contributed by atoms with Crippen molar-refractivity contribution in [2.45, 2.75) is 25.8 Å². The lowest BCUT2D eigenvalue weighted by Crippen LogP contribution is -2.48. The van der Waals surface area contributed by atoms with Gasteiger partial charge < -0.3 is 19.7 Å². The van der Waals surface area contributed by atoms with E-state index in [2.05, 4.69) is 27.2 Å². The van der Waals surface area contributed by atoms with Crippen LogP contribution in [0.15, 0.2) is 54.6 Å². The predicted octanol–water partition coefficient (Wildman–Crippen LogP) is 3.64. The van der Waals surface area contributed by atoms with E-state index < -0.39 is 0 Å². The van der Waals surface area contributed by atoms with Crippen LogP contribution in [0.3, 0.4) is 0 Å². The Kier molecular flexibility index (Phi) is 7.43. The molecule has 2 fully saturated rings. The highest BCUT2D eigenvalue weighted by atomic mass is 16.5. The minimum Gasteiger partial charge on any atom is -0.493 e. The van der Waals surface area contributed by atoms with Gasteiger partial charge in [-0.1, -0.05) is 18.2 Å². The number of likely N-dealkylation sites (tertiary alicyclic amines) is 1. The third-order valence-corrected chi connectivity index (χ3v) is 6.22. The number of ether oxygens (including phenoxy) is 2. The monoisotopic (exact) mass is 423 g/mol. The van der Waals surface area contributed by atoms with E-state index in [9.17, 15) is 4.79 Å². The Morgan fingerprint density at radius 3 is 2.58 bits per heavy atom. The number of piperidine rings is 1. The minimum atomic E-state index is -0.168. The summed E-state index contributed by atoms with van der Waals surface area (Å²) in [7, 11) is 0. The molecular weight excluding hydrogens is 390 g/mol. The second-order valence-corrected chi connectivity index (χ2v) is 8.44. The third kappa shape index (κ3) is 5.99. The molecule has 1 N–H and O–H groups in total. The van der Waals surface area contributed by atoms with Crippen LogP contribution >= 0.6 is 0 Å². The molecule has 0 spiro atoms. The Morgan fingerprint density at radius 1 is 1.10 bits per heavy atom. The first kappa shape index (κ1) is 21.7. The molecule has 2 heterocycles. The van der Waals surface area contributed by atoms with Gasteiger partial charge in [0.1, 0.15) is 5.75 Å². The first-order valence-electron chi connectivity index (χ1n) is 11.3. The smallest absolute Gasteiger partial charge is 0.241 e. The van der Waals surface area contributed by atoms with E-state index in [-0.39, 0.29) is 11.9 Å². The highest BCUT2D eigenvalue weighted by molar-refractivity contribution is 5.94. The van der Waals surface area contributed by atoms with Gasteiger partial charge in [0.25, 0.3) is 0 Å². The van der Waals surface area contributed by atoms with Gasteiger partial charge in [0, 0.05) is 36.9 Å². The van der Waals surface area contributed by atoms with Gasteiger partial charge in [0.15, 0.2) is 0 Å². The first-order chi connectivity index (χ1) is 15.2. The Hall–Kier alpha value is -2.57. The van der Waals surface area contributed by atoms with Crippen LogP contribution in [0, 0.1) is 5.92 Å². The fraction of sp³-hybridized carbons (Fsp3) is 0.480. The van der Waals surface area contributed by atoms with Gasteiger partial charge in [-0.3, -0.25) is 9.69 Å².